The van der Waals surface area contributed by atoms with E-state index in [1.807, 2.05) is 31.2 Å². The highest BCUT2D eigenvalue weighted by Crippen LogP contribution is 2.25. The average molecular weight is 399 g/mol. The standard InChI is InChI=1S/C15H13Br2NO2/c1-9-7-11(4-5-13(9)17)18-15(19)12-8-10(16)3-6-14(12)20-2/h3-8H,1-2H3,(H,18,19). The zero-order chi connectivity index (χ0) is 14.7. The van der Waals surface area contributed by atoms with Crippen LogP contribution in [0.15, 0.2) is 45.3 Å². The number of amides is 1. The SMILES string of the molecule is COc1ccc(Br)cc1C(=O)Nc1ccc(Br)c(C)c1. The molecule has 2 rings (SSSR count). The van der Waals surface area contributed by atoms with Gasteiger partial charge in [0.05, 0.1) is 12.7 Å². The summed E-state index contributed by atoms with van der Waals surface area (Å²) in [7, 11) is 1.55. The molecule has 0 fully saturated rings. The molecule has 0 aromatic heterocycles. The van der Waals surface area contributed by atoms with E-state index >= 15 is 0 Å². The number of rotatable bonds is 3. The maximum atomic E-state index is 12.3. The van der Waals surface area contributed by atoms with Crippen LogP contribution in [-0.4, -0.2) is 13.0 Å². The molecule has 0 unspecified atom stereocenters. The van der Waals surface area contributed by atoms with Crippen LogP contribution in [0.2, 0.25) is 0 Å². The molecule has 2 aromatic carbocycles. The van der Waals surface area contributed by atoms with Crippen molar-refractivity contribution in [1.82, 2.24) is 0 Å². The number of hydrogen-bond donors (Lipinski definition) is 1. The first-order chi connectivity index (χ1) is 9.51. The minimum absolute atomic E-state index is 0.204. The number of hydrogen-bond acceptors (Lipinski definition) is 2. The second-order valence-corrected chi connectivity index (χ2v) is 6.03. The van der Waals surface area contributed by atoms with Crippen LogP contribution in [0.25, 0.3) is 0 Å². The predicted octanol–water partition coefficient (Wildman–Crippen LogP) is 4.78. The fraction of sp³-hybridized carbons (Fsp3) is 0.133. The molecule has 0 spiro atoms. The Morgan fingerprint density at radius 2 is 1.90 bits per heavy atom. The zero-order valence-corrected chi connectivity index (χ0v) is 14.2. The van der Waals surface area contributed by atoms with Crippen molar-refractivity contribution < 1.29 is 9.53 Å². The number of aryl methyl sites for hydroxylation is 1. The van der Waals surface area contributed by atoms with Crippen molar-refractivity contribution in [3.63, 3.8) is 0 Å². The van der Waals surface area contributed by atoms with E-state index < -0.39 is 0 Å². The normalized spacial score (nSPS) is 10.2. The van der Waals surface area contributed by atoms with Gasteiger partial charge in [-0.1, -0.05) is 31.9 Å². The number of benzene rings is 2. The van der Waals surface area contributed by atoms with E-state index in [0.717, 1.165) is 20.2 Å². The lowest BCUT2D eigenvalue weighted by Crippen LogP contribution is -2.13. The number of anilines is 1. The molecule has 0 bridgehead atoms. The third-order valence-corrected chi connectivity index (χ3v) is 4.20. The van der Waals surface area contributed by atoms with Crippen molar-refractivity contribution in [1.29, 1.82) is 0 Å². The molecular weight excluding hydrogens is 386 g/mol. The molecule has 0 saturated carbocycles. The molecule has 104 valence electrons. The lowest BCUT2D eigenvalue weighted by molar-refractivity contribution is 0.102. The van der Waals surface area contributed by atoms with Gasteiger partial charge in [0.2, 0.25) is 0 Å². The van der Waals surface area contributed by atoms with E-state index in [0.29, 0.717) is 11.3 Å². The van der Waals surface area contributed by atoms with Gasteiger partial charge in [-0.15, -0.1) is 0 Å². The Labute approximate surface area is 134 Å². The van der Waals surface area contributed by atoms with Crippen molar-refractivity contribution in [2.24, 2.45) is 0 Å². The highest BCUT2D eigenvalue weighted by Gasteiger charge is 2.13. The summed E-state index contributed by atoms with van der Waals surface area (Å²) in [6.45, 7) is 1.97. The Bertz CT molecular complexity index is 656. The van der Waals surface area contributed by atoms with Gasteiger partial charge in [0.25, 0.3) is 5.91 Å². The molecule has 0 heterocycles. The van der Waals surface area contributed by atoms with Crippen LogP contribution >= 0.6 is 31.9 Å². The molecule has 0 radical (unpaired) electrons. The highest BCUT2D eigenvalue weighted by molar-refractivity contribution is 9.10. The first-order valence-corrected chi connectivity index (χ1v) is 7.51. The second-order valence-electron chi connectivity index (χ2n) is 4.26. The molecule has 5 heteroatoms. The van der Waals surface area contributed by atoms with Crippen molar-refractivity contribution in [3.8, 4) is 5.75 Å². The van der Waals surface area contributed by atoms with Crippen LogP contribution in [-0.2, 0) is 0 Å². The topological polar surface area (TPSA) is 38.3 Å². The maximum Gasteiger partial charge on any atom is 0.259 e. The molecule has 0 saturated heterocycles. The van der Waals surface area contributed by atoms with E-state index in [9.17, 15) is 4.79 Å². The monoisotopic (exact) mass is 397 g/mol. The molecule has 20 heavy (non-hydrogen) atoms. The number of ether oxygens (including phenoxy) is 1. The molecule has 3 nitrogen and oxygen atoms in total. The first kappa shape index (κ1) is 15.1. The summed E-state index contributed by atoms with van der Waals surface area (Å²) >= 11 is 6.79. The Morgan fingerprint density at radius 1 is 1.15 bits per heavy atom. The van der Waals surface area contributed by atoms with Gasteiger partial charge in [0.15, 0.2) is 0 Å². The molecule has 0 aliphatic carbocycles. The fourth-order valence-corrected chi connectivity index (χ4v) is 2.39. The van der Waals surface area contributed by atoms with E-state index in [1.54, 1.807) is 19.2 Å². The number of nitrogens with one attached hydrogen (secondary N) is 1. The molecule has 0 aliphatic rings. The van der Waals surface area contributed by atoms with Gasteiger partial charge in [0, 0.05) is 14.6 Å². The third kappa shape index (κ3) is 3.41. The number of carbonyl (C=O) groups is 1. The summed E-state index contributed by atoms with van der Waals surface area (Å²) in [4.78, 5) is 12.3. The summed E-state index contributed by atoms with van der Waals surface area (Å²) in [5.74, 6) is 0.337. The van der Waals surface area contributed by atoms with Crippen molar-refractivity contribution in [2.45, 2.75) is 6.92 Å². The first-order valence-electron chi connectivity index (χ1n) is 5.92. The molecule has 0 atom stereocenters. The van der Waals surface area contributed by atoms with E-state index in [4.69, 9.17) is 4.74 Å². The van der Waals surface area contributed by atoms with Crippen LogP contribution in [0.3, 0.4) is 0 Å². The van der Waals surface area contributed by atoms with Crippen LogP contribution in [0.5, 0.6) is 5.75 Å². The average Bonchev–Trinajstić information content (AvgIpc) is 2.43. The van der Waals surface area contributed by atoms with Crippen LogP contribution in [0.1, 0.15) is 15.9 Å². The molecule has 1 amide bonds. The number of methoxy groups -OCH3 is 1. The van der Waals surface area contributed by atoms with Gasteiger partial charge in [-0.2, -0.15) is 0 Å². The zero-order valence-electron chi connectivity index (χ0n) is 11.0. The molecule has 2 aromatic rings. The van der Waals surface area contributed by atoms with E-state index in [1.165, 1.54) is 0 Å². The van der Waals surface area contributed by atoms with Crippen LogP contribution in [0, 0.1) is 6.92 Å². The minimum Gasteiger partial charge on any atom is -0.496 e. The Kier molecular flexibility index (Phi) is 4.83. The van der Waals surface area contributed by atoms with Crippen LogP contribution in [0.4, 0.5) is 5.69 Å². The molecular formula is C15H13Br2NO2. The van der Waals surface area contributed by atoms with E-state index in [-0.39, 0.29) is 5.91 Å². The van der Waals surface area contributed by atoms with Gasteiger partial charge in [-0.05, 0) is 48.9 Å². The summed E-state index contributed by atoms with van der Waals surface area (Å²) in [6.07, 6.45) is 0. The van der Waals surface area contributed by atoms with Gasteiger partial charge >= 0.3 is 0 Å². The fourth-order valence-electron chi connectivity index (χ4n) is 1.78. The Balaban J connectivity index is 2.27. The largest absolute Gasteiger partial charge is 0.496 e. The second kappa shape index (κ2) is 6.41. The van der Waals surface area contributed by atoms with Crippen molar-refractivity contribution in [3.05, 3.63) is 56.5 Å². The summed E-state index contributed by atoms with van der Waals surface area (Å²) in [6, 6.07) is 11.0. The predicted molar refractivity (Wildman–Crippen MR) is 87.5 cm³/mol. The van der Waals surface area contributed by atoms with Gasteiger partial charge in [-0.25, -0.2) is 0 Å². The smallest absolute Gasteiger partial charge is 0.259 e. The van der Waals surface area contributed by atoms with Crippen molar-refractivity contribution >= 4 is 43.5 Å². The Hall–Kier alpha value is -1.33. The lowest BCUT2D eigenvalue weighted by Gasteiger charge is -2.10. The van der Waals surface area contributed by atoms with Gasteiger partial charge in [-0.3, -0.25) is 4.79 Å². The number of carbonyl (C=O) groups excluding carboxylic acids is 1. The van der Waals surface area contributed by atoms with E-state index in [2.05, 4.69) is 37.2 Å². The molecule has 1 N–H and O–H groups in total. The summed E-state index contributed by atoms with van der Waals surface area (Å²) in [5.41, 5.74) is 2.30. The van der Waals surface area contributed by atoms with Gasteiger partial charge < -0.3 is 10.1 Å². The van der Waals surface area contributed by atoms with Crippen LogP contribution < -0.4 is 10.1 Å². The highest BCUT2D eigenvalue weighted by atomic mass is 79.9. The quantitative estimate of drug-likeness (QED) is 0.807. The minimum atomic E-state index is -0.204. The molecule has 0 aliphatic heterocycles. The number of halogens is 2. The lowest BCUT2D eigenvalue weighted by atomic mass is 10.1. The Morgan fingerprint density at radius 3 is 2.55 bits per heavy atom. The maximum absolute atomic E-state index is 12.3. The summed E-state index contributed by atoms with van der Waals surface area (Å²) in [5, 5.41) is 2.87. The third-order valence-electron chi connectivity index (χ3n) is 2.82. The van der Waals surface area contributed by atoms with Crippen molar-refractivity contribution in [2.75, 3.05) is 12.4 Å². The summed E-state index contributed by atoms with van der Waals surface area (Å²) < 4.78 is 7.05. The van der Waals surface area contributed by atoms with Gasteiger partial charge in [0.1, 0.15) is 5.75 Å².